The Morgan fingerprint density at radius 2 is 1.95 bits per heavy atom. The lowest BCUT2D eigenvalue weighted by atomic mass is 10.1. The van der Waals surface area contributed by atoms with Crippen molar-refractivity contribution in [2.45, 2.75) is 13.8 Å². The van der Waals surface area contributed by atoms with Crippen LogP contribution in [0.4, 0.5) is 0 Å². The fraction of sp³-hybridized carbons (Fsp3) is 0.208. The Morgan fingerprint density at radius 3 is 2.65 bits per heavy atom. The van der Waals surface area contributed by atoms with Gasteiger partial charge in [0.1, 0.15) is 5.75 Å². The van der Waals surface area contributed by atoms with Gasteiger partial charge in [-0.25, -0.2) is 13.2 Å². The van der Waals surface area contributed by atoms with Gasteiger partial charge in [0.05, 0.1) is 30.6 Å². The zero-order valence-corrected chi connectivity index (χ0v) is 21.7. The Balaban J connectivity index is 1.62. The van der Waals surface area contributed by atoms with Crippen LogP contribution in [0.3, 0.4) is 0 Å². The van der Waals surface area contributed by atoms with Crippen molar-refractivity contribution in [2.24, 2.45) is 10.1 Å². The van der Waals surface area contributed by atoms with Crippen LogP contribution < -0.4 is 14.2 Å². The summed E-state index contributed by atoms with van der Waals surface area (Å²) in [6.07, 6.45) is 1.41. The average Bonchev–Trinajstić information content (AvgIpc) is 3.33. The van der Waals surface area contributed by atoms with Gasteiger partial charge in [-0.05, 0) is 60.7 Å². The second-order valence-electron chi connectivity index (χ2n) is 7.55. The first-order chi connectivity index (χ1) is 17.7. The van der Waals surface area contributed by atoms with Gasteiger partial charge in [0.15, 0.2) is 17.3 Å². The SMILES string of the molecule is CCOc1cc(/C=C2/C(=N)N3N=C(S(=O)(=O)CC)SC3=NC2=O)ccc1OC(=O)c1cccc(OC)c1. The Labute approximate surface area is 217 Å². The zero-order chi connectivity index (χ0) is 26.7. The number of methoxy groups -OCH3 is 1. The molecule has 0 saturated heterocycles. The number of hydrazone groups is 1. The van der Waals surface area contributed by atoms with E-state index in [9.17, 15) is 18.0 Å². The molecule has 2 aromatic rings. The van der Waals surface area contributed by atoms with Gasteiger partial charge in [0, 0.05) is 0 Å². The fourth-order valence-corrected chi connectivity index (χ4v) is 5.43. The third-order valence-electron chi connectivity index (χ3n) is 5.17. The minimum Gasteiger partial charge on any atom is -0.497 e. The summed E-state index contributed by atoms with van der Waals surface area (Å²) in [5.41, 5.74) is 0.664. The Bertz CT molecular complexity index is 1500. The monoisotopic (exact) mass is 542 g/mol. The summed E-state index contributed by atoms with van der Waals surface area (Å²) in [6.45, 7) is 3.52. The first-order valence-corrected chi connectivity index (χ1v) is 13.5. The molecule has 2 aromatic carbocycles. The largest absolute Gasteiger partial charge is 0.497 e. The highest BCUT2D eigenvalue weighted by Crippen LogP contribution is 2.33. The third-order valence-corrected chi connectivity index (χ3v) is 8.26. The molecule has 0 fully saturated rings. The highest BCUT2D eigenvalue weighted by Gasteiger charge is 2.39. The van der Waals surface area contributed by atoms with Gasteiger partial charge >= 0.3 is 5.97 Å². The predicted octanol–water partition coefficient (Wildman–Crippen LogP) is 3.32. The number of hydrogen-bond donors (Lipinski definition) is 1. The van der Waals surface area contributed by atoms with E-state index in [4.69, 9.17) is 19.6 Å². The molecule has 0 saturated carbocycles. The number of nitrogens with zero attached hydrogens (tertiary/aromatic N) is 3. The van der Waals surface area contributed by atoms with E-state index in [0.717, 1.165) is 16.8 Å². The molecule has 37 heavy (non-hydrogen) atoms. The topological polar surface area (TPSA) is 148 Å². The summed E-state index contributed by atoms with van der Waals surface area (Å²) >= 11 is 0.732. The number of aliphatic imine (C=N–C) groups is 1. The number of esters is 1. The van der Waals surface area contributed by atoms with Gasteiger partial charge in [-0.15, -0.1) is 5.10 Å². The molecule has 0 atom stereocenters. The molecule has 4 rings (SSSR count). The van der Waals surface area contributed by atoms with Gasteiger partial charge in [0.2, 0.25) is 19.4 Å². The van der Waals surface area contributed by atoms with Crippen molar-refractivity contribution < 1.29 is 32.2 Å². The Kier molecular flexibility index (Phi) is 7.45. The maximum absolute atomic E-state index is 12.7. The van der Waals surface area contributed by atoms with Crippen molar-refractivity contribution in [3.8, 4) is 17.2 Å². The van der Waals surface area contributed by atoms with Crippen LogP contribution in [0.5, 0.6) is 17.2 Å². The number of amides is 1. The molecule has 13 heteroatoms. The van der Waals surface area contributed by atoms with Crippen LogP contribution >= 0.6 is 11.8 Å². The number of rotatable bonds is 7. The van der Waals surface area contributed by atoms with Gasteiger partial charge < -0.3 is 14.2 Å². The molecule has 2 heterocycles. The molecule has 0 aromatic heterocycles. The number of carbonyl (C=O) groups is 2. The molecule has 192 valence electrons. The molecule has 0 radical (unpaired) electrons. The molecule has 2 aliphatic rings. The molecule has 2 aliphatic heterocycles. The van der Waals surface area contributed by atoms with Crippen molar-refractivity contribution in [3.05, 3.63) is 59.2 Å². The molecule has 0 bridgehead atoms. The van der Waals surface area contributed by atoms with Crippen LogP contribution in [-0.4, -0.2) is 60.2 Å². The van der Waals surface area contributed by atoms with Gasteiger partial charge in [0.25, 0.3) is 5.91 Å². The highest BCUT2D eigenvalue weighted by atomic mass is 32.3. The minimum atomic E-state index is -3.63. The third kappa shape index (κ3) is 5.42. The molecule has 0 spiro atoms. The van der Waals surface area contributed by atoms with Crippen LogP contribution in [0.2, 0.25) is 0 Å². The minimum absolute atomic E-state index is 0.00832. The summed E-state index contributed by atoms with van der Waals surface area (Å²) in [4.78, 5) is 29.2. The van der Waals surface area contributed by atoms with Gasteiger partial charge in [-0.1, -0.05) is 19.1 Å². The smallest absolute Gasteiger partial charge is 0.343 e. The van der Waals surface area contributed by atoms with E-state index in [2.05, 4.69) is 10.1 Å². The van der Waals surface area contributed by atoms with Crippen molar-refractivity contribution in [1.29, 1.82) is 5.41 Å². The Hall–Kier alpha value is -3.97. The number of sulfone groups is 1. The molecule has 11 nitrogen and oxygen atoms in total. The molecule has 1 N–H and O–H groups in total. The predicted molar refractivity (Wildman–Crippen MR) is 140 cm³/mol. The first kappa shape index (κ1) is 26.1. The number of benzene rings is 2. The van der Waals surface area contributed by atoms with E-state index in [1.165, 1.54) is 26.2 Å². The van der Waals surface area contributed by atoms with E-state index in [-0.39, 0.29) is 50.4 Å². The summed E-state index contributed by atoms with van der Waals surface area (Å²) in [7, 11) is -2.13. The number of amidine groups is 2. The molecule has 1 amide bonds. The van der Waals surface area contributed by atoms with Crippen LogP contribution in [0.15, 0.2) is 58.1 Å². The van der Waals surface area contributed by atoms with E-state index in [1.54, 1.807) is 43.3 Å². The van der Waals surface area contributed by atoms with E-state index < -0.39 is 21.7 Å². The first-order valence-electron chi connectivity index (χ1n) is 11.0. The van der Waals surface area contributed by atoms with Gasteiger partial charge in [-0.3, -0.25) is 10.2 Å². The van der Waals surface area contributed by atoms with Gasteiger partial charge in [-0.2, -0.15) is 10.0 Å². The van der Waals surface area contributed by atoms with E-state index >= 15 is 0 Å². The molecular formula is C24H22N4O7S2. The summed E-state index contributed by atoms with van der Waals surface area (Å²) in [6, 6.07) is 11.2. The highest BCUT2D eigenvalue weighted by molar-refractivity contribution is 8.42. The maximum Gasteiger partial charge on any atom is 0.343 e. The summed E-state index contributed by atoms with van der Waals surface area (Å²) in [5, 5.41) is 13.4. The van der Waals surface area contributed by atoms with Crippen molar-refractivity contribution >= 4 is 54.9 Å². The average molecular weight is 543 g/mol. The lowest BCUT2D eigenvalue weighted by Crippen LogP contribution is -2.35. The van der Waals surface area contributed by atoms with Crippen molar-refractivity contribution in [2.75, 3.05) is 19.5 Å². The summed E-state index contributed by atoms with van der Waals surface area (Å²) < 4.78 is 40.4. The fourth-order valence-electron chi connectivity index (χ4n) is 3.27. The zero-order valence-electron chi connectivity index (χ0n) is 20.0. The van der Waals surface area contributed by atoms with Crippen molar-refractivity contribution in [1.82, 2.24) is 5.01 Å². The second-order valence-corrected chi connectivity index (χ2v) is 11.0. The Morgan fingerprint density at radius 1 is 1.16 bits per heavy atom. The molecular weight excluding hydrogens is 520 g/mol. The second kappa shape index (κ2) is 10.6. The lowest BCUT2D eigenvalue weighted by molar-refractivity contribution is -0.114. The summed E-state index contributed by atoms with van der Waals surface area (Å²) in [5.74, 6) is -0.878. The number of fused-ring (bicyclic) bond motifs is 1. The number of hydrogen-bond acceptors (Lipinski definition) is 10. The molecule has 0 unspecified atom stereocenters. The number of ether oxygens (including phenoxy) is 3. The van der Waals surface area contributed by atoms with Crippen LogP contribution in [0, 0.1) is 5.41 Å². The molecule has 0 aliphatic carbocycles. The number of carbonyl (C=O) groups excluding carboxylic acids is 2. The standard InChI is InChI=1S/C24H22N4O7S2/c1-4-34-19-12-14(9-10-18(19)35-22(30)15-7-6-8-16(13-15)33-3)11-17-20(25)28-23(26-21(17)29)36-24(27-28)37(31,32)5-2/h6-13,25H,4-5H2,1-3H3/b17-11-,25-20?. The maximum atomic E-state index is 12.7. The van der Waals surface area contributed by atoms with Crippen LogP contribution in [0.1, 0.15) is 29.8 Å². The van der Waals surface area contributed by atoms with E-state index in [1.807, 2.05) is 0 Å². The number of thioether (sulfide) groups is 1. The van der Waals surface area contributed by atoms with Crippen molar-refractivity contribution in [3.63, 3.8) is 0 Å². The lowest BCUT2D eigenvalue weighted by Gasteiger charge is -2.20. The van der Waals surface area contributed by atoms with E-state index in [0.29, 0.717) is 11.3 Å². The quantitative estimate of drug-likeness (QED) is 0.316. The van der Waals surface area contributed by atoms with Crippen LogP contribution in [0.25, 0.3) is 6.08 Å². The van der Waals surface area contributed by atoms with Crippen LogP contribution in [-0.2, 0) is 14.6 Å². The number of nitrogens with one attached hydrogen (secondary N) is 1. The normalized spacial score (nSPS) is 16.3.